The molecule has 116 valence electrons. The summed E-state index contributed by atoms with van der Waals surface area (Å²) in [5.41, 5.74) is 0. The maximum absolute atomic E-state index is 12.5. The van der Waals surface area contributed by atoms with Crippen LogP contribution < -0.4 is 5.32 Å². The molecular formula is C16H29ClN2O. The smallest absolute Gasteiger partial charge is 0.222 e. The first-order valence-corrected chi connectivity index (χ1v) is 8.34. The molecule has 0 aromatic rings. The topological polar surface area (TPSA) is 32.3 Å². The molecule has 3 nitrogen and oxygen atoms in total. The van der Waals surface area contributed by atoms with Gasteiger partial charge in [-0.05, 0) is 44.1 Å². The maximum atomic E-state index is 12.5. The van der Waals surface area contributed by atoms with E-state index in [1.54, 1.807) is 0 Å². The predicted octanol–water partition coefficient (Wildman–Crippen LogP) is 2.98. The first kappa shape index (κ1) is 16.1. The number of amides is 1. The highest BCUT2D eigenvalue weighted by molar-refractivity contribution is 5.85. The van der Waals surface area contributed by atoms with Gasteiger partial charge < -0.3 is 10.2 Å². The normalized spacial score (nSPS) is 31.3. The Morgan fingerprint density at radius 3 is 2.55 bits per heavy atom. The van der Waals surface area contributed by atoms with E-state index in [2.05, 4.69) is 10.2 Å². The molecule has 2 aliphatic heterocycles. The summed E-state index contributed by atoms with van der Waals surface area (Å²) in [6.45, 7) is 3.16. The standard InChI is InChI=1S/C16H28N2O.ClH/c19-16(11-13-5-3-1-2-4-6-13)18-10-8-15-14(12-18)7-9-17-15;/h13-15,17H,1-12H2;1H. The quantitative estimate of drug-likeness (QED) is 0.795. The van der Waals surface area contributed by atoms with Gasteiger partial charge in [0.05, 0.1) is 0 Å². The van der Waals surface area contributed by atoms with Crippen LogP contribution in [0.15, 0.2) is 0 Å². The lowest BCUT2D eigenvalue weighted by atomic mass is 9.91. The summed E-state index contributed by atoms with van der Waals surface area (Å²) in [4.78, 5) is 14.6. The number of rotatable bonds is 2. The average molecular weight is 301 g/mol. The number of piperidine rings is 1. The van der Waals surface area contributed by atoms with Gasteiger partial charge in [-0.3, -0.25) is 4.79 Å². The van der Waals surface area contributed by atoms with Gasteiger partial charge >= 0.3 is 0 Å². The number of carbonyl (C=O) groups excluding carboxylic acids is 1. The Labute approximate surface area is 129 Å². The minimum atomic E-state index is 0. The lowest BCUT2D eigenvalue weighted by Crippen LogP contribution is -2.47. The van der Waals surface area contributed by atoms with Crippen LogP contribution in [0.4, 0.5) is 0 Å². The first-order chi connectivity index (χ1) is 9.33. The van der Waals surface area contributed by atoms with Crippen molar-refractivity contribution < 1.29 is 4.79 Å². The van der Waals surface area contributed by atoms with E-state index in [1.165, 1.54) is 51.4 Å². The monoisotopic (exact) mass is 300 g/mol. The highest BCUT2D eigenvalue weighted by atomic mass is 35.5. The first-order valence-electron chi connectivity index (χ1n) is 8.34. The van der Waals surface area contributed by atoms with Crippen molar-refractivity contribution in [2.75, 3.05) is 19.6 Å². The molecule has 1 N–H and O–H groups in total. The van der Waals surface area contributed by atoms with Crippen molar-refractivity contribution >= 4 is 18.3 Å². The molecule has 1 saturated carbocycles. The third kappa shape index (κ3) is 3.88. The van der Waals surface area contributed by atoms with Crippen LogP contribution >= 0.6 is 12.4 Å². The van der Waals surface area contributed by atoms with E-state index in [4.69, 9.17) is 0 Å². The van der Waals surface area contributed by atoms with Gasteiger partial charge in [-0.2, -0.15) is 0 Å². The average Bonchev–Trinajstić information content (AvgIpc) is 2.75. The fourth-order valence-electron chi connectivity index (χ4n) is 4.22. The van der Waals surface area contributed by atoms with Crippen LogP contribution in [-0.4, -0.2) is 36.5 Å². The van der Waals surface area contributed by atoms with Gasteiger partial charge in [-0.1, -0.05) is 25.7 Å². The number of hydrogen-bond donors (Lipinski definition) is 1. The largest absolute Gasteiger partial charge is 0.342 e. The summed E-state index contributed by atoms with van der Waals surface area (Å²) in [6.07, 6.45) is 11.3. The number of likely N-dealkylation sites (tertiary alicyclic amines) is 1. The van der Waals surface area contributed by atoms with Crippen LogP contribution in [0.5, 0.6) is 0 Å². The van der Waals surface area contributed by atoms with Crippen LogP contribution in [0.1, 0.15) is 57.8 Å². The summed E-state index contributed by atoms with van der Waals surface area (Å²) < 4.78 is 0. The SMILES string of the molecule is Cl.O=C(CC1CCCCCC1)N1CCC2NCCC2C1. The molecule has 2 heterocycles. The van der Waals surface area contributed by atoms with Gasteiger partial charge in [0.25, 0.3) is 0 Å². The Morgan fingerprint density at radius 2 is 1.80 bits per heavy atom. The minimum absolute atomic E-state index is 0. The Hall–Kier alpha value is -0.280. The van der Waals surface area contributed by atoms with Crippen LogP contribution in [0, 0.1) is 11.8 Å². The second-order valence-electron chi connectivity index (χ2n) is 6.80. The van der Waals surface area contributed by atoms with Gasteiger partial charge in [0.2, 0.25) is 5.91 Å². The minimum Gasteiger partial charge on any atom is -0.342 e. The van der Waals surface area contributed by atoms with E-state index in [9.17, 15) is 4.79 Å². The van der Waals surface area contributed by atoms with E-state index in [0.717, 1.165) is 32.0 Å². The number of carbonyl (C=O) groups is 1. The van der Waals surface area contributed by atoms with Crippen molar-refractivity contribution in [2.45, 2.75) is 63.8 Å². The van der Waals surface area contributed by atoms with E-state index in [1.807, 2.05) is 0 Å². The molecule has 0 aromatic heterocycles. The molecule has 0 radical (unpaired) electrons. The molecule has 2 atom stereocenters. The maximum Gasteiger partial charge on any atom is 0.222 e. The van der Waals surface area contributed by atoms with E-state index >= 15 is 0 Å². The summed E-state index contributed by atoms with van der Waals surface area (Å²) in [5.74, 6) is 1.85. The summed E-state index contributed by atoms with van der Waals surface area (Å²) >= 11 is 0. The zero-order valence-corrected chi connectivity index (χ0v) is 13.3. The Balaban J connectivity index is 0.00000147. The fourth-order valence-corrected chi connectivity index (χ4v) is 4.22. The lowest BCUT2D eigenvalue weighted by Gasteiger charge is -2.35. The van der Waals surface area contributed by atoms with E-state index in [0.29, 0.717) is 17.9 Å². The second kappa shape index (κ2) is 7.65. The summed E-state index contributed by atoms with van der Waals surface area (Å²) in [5, 5.41) is 3.57. The van der Waals surface area contributed by atoms with Crippen LogP contribution in [0.2, 0.25) is 0 Å². The van der Waals surface area contributed by atoms with Crippen molar-refractivity contribution in [1.29, 1.82) is 0 Å². The lowest BCUT2D eigenvalue weighted by molar-refractivity contribution is -0.134. The van der Waals surface area contributed by atoms with E-state index in [-0.39, 0.29) is 12.4 Å². The van der Waals surface area contributed by atoms with Gasteiger partial charge in [-0.15, -0.1) is 12.4 Å². The van der Waals surface area contributed by atoms with Gasteiger partial charge in [-0.25, -0.2) is 0 Å². The van der Waals surface area contributed by atoms with Crippen molar-refractivity contribution in [3.63, 3.8) is 0 Å². The number of fused-ring (bicyclic) bond motifs is 1. The zero-order valence-electron chi connectivity index (χ0n) is 12.5. The van der Waals surface area contributed by atoms with E-state index < -0.39 is 0 Å². The molecule has 20 heavy (non-hydrogen) atoms. The van der Waals surface area contributed by atoms with Crippen molar-refractivity contribution in [2.24, 2.45) is 11.8 Å². The third-order valence-electron chi connectivity index (χ3n) is 5.45. The molecule has 3 fully saturated rings. The number of nitrogens with zero attached hydrogens (tertiary/aromatic N) is 1. The molecule has 0 bridgehead atoms. The Kier molecular flexibility index (Phi) is 6.16. The number of halogens is 1. The van der Waals surface area contributed by atoms with Crippen LogP contribution in [0.3, 0.4) is 0 Å². The van der Waals surface area contributed by atoms with Gasteiger partial charge in [0, 0.05) is 25.6 Å². The molecule has 1 aliphatic carbocycles. The molecule has 0 aromatic carbocycles. The zero-order chi connectivity index (χ0) is 13.1. The Bertz CT molecular complexity index is 316. The molecular weight excluding hydrogens is 272 g/mol. The van der Waals surface area contributed by atoms with Crippen LogP contribution in [-0.2, 0) is 4.79 Å². The predicted molar refractivity (Wildman–Crippen MR) is 84.2 cm³/mol. The third-order valence-corrected chi connectivity index (χ3v) is 5.45. The Morgan fingerprint density at radius 1 is 1.05 bits per heavy atom. The fraction of sp³-hybridized carbons (Fsp3) is 0.938. The van der Waals surface area contributed by atoms with Crippen LogP contribution in [0.25, 0.3) is 0 Å². The van der Waals surface area contributed by atoms with Crippen molar-refractivity contribution in [3.05, 3.63) is 0 Å². The number of nitrogens with one attached hydrogen (secondary N) is 1. The van der Waals surface area contributed by atoms with Crippen molar-refractivity contribution in [1.82, 2.24) is 10.2 Å². The van der Waals surface area contributed by atoms with Gasteiger partial charge in [0.1, 0.15) is 0 Å². The highest BCUT2D eigenvalue weighted by Gasteiger charge is 2.34. The second-order valence-corrected chi connectivity index (χ2v) is 6.80. The molecule has 4 heteroatoms. The molecule has 3 aliphatic rings. The molecule has 0 spiro atoms. The molecule has 2 unspecified atom stereocenters. The number of hydrogen-bond acceptors (Lipinski definition) is 2. The highest BCUT2D eigenvalue weighted by Crippen LogP contribution is 2.28. The molecule has 1 amide bonds. The molecule has 3 rings (SSSR count). The summed E-state index contributed by atoms with van der Waals surface area (Å²) in [7, 11) is 0. The summed E-state index contributed by atoms with van der Waals surface area (Å²) in [6, 6.07) is 0.696. The van der Waals surface area contributed by atoms with Crippen molar-refractivity contribution in [3.8, 4) is 0 Å². The van der Waals surface area contributed by atoms with Gasteiger partial charge in [0.15, 0.2) is 0 Å². The molecule has 2 saturated heterocycles.